The lowest BCUT2D eigenvalue weighted by molar-refractivity contribution is -0.143. The first-order valence-electron chi connectivity index (χ1n) is 9.39. The molecule has 0 N–H and O–H groups in total. The first kappa shape index (κ1) is 19.2. The zero-order valence-corrected chi connectivity index (χ0v) is 16.5. The smallest absolute Gasteiger partial charge is 0.251 e. The van der Waals surface area contributed by atoms with Crippen molar-refractivity contribution in [3.05, 3.63) is 35.8 Å². The molecule has 3 heterocycles. The molecule has 0 radical (unpaired) electrons. The first-order valence-corrected chi connectivity index (χ1v) is 9.39. The van der Waals surface area contributed by atoms with Crippen LogP contribution in [0.4, 0.5) is 5.82 Å². The van der Waals surface area contributed by atoms with E-state index in [-0.39, 0.29) is 5.91 Å². The van der Waals surface area contributed by atoms with Gasteiger partial charge in [0, 0.05) is 50.8 Å². The maximum Gasteiger partial charge on any atom is 0.251 e. The van der Waals surface area contributed by atoms with Crippen LogP contribution in [0.1, 0.15) is 31.5 Å². The quantitative estimate of drug-likeness (QED) is 0.778. The van der Waals surface area contributed by atoms with Gasteiger partial charge in [-0.1, -0.05) is 6.92 Å². The first-order chi connectivity index (χ1) is 13.0. The van der Waals surface area contributed by atoms with Crippen molar-refractivity contribution >= 4 is 11.7 Å². The maximum absolute atomic E-state index is 12.7. The molecule has 0 bridgehead atoms. The van der Waals surface area contributed by atoms with Gasteiger partial charge in [-0.3, -0.25) is 9.78 Å². The third-order valence-electron chi connectivity index (χ3n) is 4.64. The summed E-state index contributed by atoms with van der Waals surface area (Å²) in [7, 11) is 3.97. The van der Waals surface area contributed by atoms with E-state index in [9.17, 15) is 4.79 Å². The molecule has 3 rings (SSSR count). The van der Waals surface area contributed by atoms with Crippen molar-refractivity contribution < 1.29 is 9.53 Å². The summed E-state index contributed by atoms with van der Waals surface area (Å²) >= 11 is 0. The van der Waals surface area contributed by atoms with Crippen LogP contribution in [0.3, 0.4) is 0 Å². The lowest BCUT2D eigenvalue weighted by Crippen LogP contribution is -2.43. The Labute approximate surface area is 160 Å². The average molecular weight is 369 g/mol. The SMILES string of the molecule is CCCO[C@@H](C)C(=O)N1CCc2c(nc(-c3ccncc3)nc2N(C)C)C1. The van der Waals surface area contributed by atoms with Crippen LogP contribution < -0.4 is 4.90 Å². The highest BCUT2D eigenvalue weighted by molar-refractivity contribution is 5.81. The monoisotopic (exact) mass is 369 g/mol. The van der Waals surface area contributed by atoms with E-state index >= 15 is 0 Å². The maximum atomic E-state index is 12.7. The fraction of sp³-hybridized carbons (Fsp3) is 0.500. The number of carbonyl (C=O) groups excluding carboxylic acids is 1. The van der Waals surface area contributed by atoms with Crippen LogP contribution in [-0.2, 0) is 22.5 Å². The van der Waals surface area contributed by atoms with Gasteiger partial charge < -0.3 is 14.5 Å². The Kier molecular flexibility index (Phi) is 6.01. The van der Waals surface area contributed by atoms with E-state index in [1.807, 2.05) is 49.9 Å². The summed E-state index contributed by atoms with van der Waals surface area (Å²) in [5.74, 6) is 1.59. The number of pyridine rings is 1. The molecule has 7 heteroatoms. The van der Waals surface area contributed by atoms with E-state index in [1.165, 1.54) is 0 Å². The minimum Gasteiger partial charge on any atom is -0.369 e. The highest BCUT2D eigenvalue weighted by atomic mass is 16.5. The molecule has 0 saturated heterocycles. The lowest BCUT2D eigenvalue weighted by atomic mass is 10.0. The Morgan fingerprint density at radius 1 is 1.30 bits per heavy atom. The molecule has 1 atom stereocenters. The summed E-state index contributed by atoms with van der Waals surface area (Å²) in [4.78, 5) is 30.2. The van der Waals surface area contributed by atoms with E-state index in [4.69, 9.17) is 14.7 Å². The minimum atomic E-state index is -0.429. The summed E-state index contributed by atoms with van der Waals surface area (Å²) in [6, 6.07) is 3.79. The molecule has 0 aliphatic carbocycles. The molecule has 2 aromatic heterocycles. The number of rotatable bonds is 6. The van der Waals surface area contributed by atoms with Gasteiger partial charge in [0.15, 0.2) is 5.82 Å². The highest BCUT2D eigenvalue weighted by Gasteiger charge is 2.28. The van der Waals surface area contributed by atoms with Crippen molar-refractivity contribution in [1.82, 2.24) is 19.9 Å². The lowest BCUT2D eigenvalue weighted by Gasteiger charge is -2.32. The van der Waals surface area contributed by atoms with Crippen molar-refractivity contribution in [2.24, 2.45) is 0 Å². The van der Waals surface area contributed by atoms with Crippen molar-refractivity contribution in [1.29, 1.82) is 0 Å². The minimum absolute atomic E-state index is 0.0181. The molecular weight excluding hydrogens is 342 g/mol. The fourth-order valence-electron chi connectivity index (χ4n) is 3.22. The molecule has 27 heavy (non-hydrogen) atoms. The number of aromatic nitrogens is 3. The molecule has 1 aliphatic rings. The largest absolute Gasteiger partial charge is 0.369 e. The number of carbonyl (C=O) groups is 1. The van der Waals surface area contributed by atoms with Gasteiger partial charge in [0.05, 0.1) is 12.2 Å². The van der Waals surface area contributed by atoms with E-state index < -0.39 is 6.10 Å². The second-order valence-corrected chi connectivity index (χ2v) is 6.95. The van der Waals surface area contributed by atoms with E-state index in [0.29, 0.717) is 25.5 Å². The van der Waals surface area contributed by atoms with Crippen LogP contribution in [0.2, 0.25) is 0 Å². The van der Waals surface area contributed by atoms with Gasteiger partial charge in [0.25, 0.3) is 5.91 Å². The number of hydrogen-bond acceptors (Lipinski definition) is 6. The zero-order chi connectivity index (χ0) is 19.4. The second-order valence-electron chi connectivity index (χ2n) is 6.95. The van der Waals surface area contributed by atoms with Gasteiger partial charge in [-0.15, -0.1) is 0 Å². The van der Waals surface area contributed by atoms with Crippen molar-refractivity contribution in [2.75, 3.05) is 32.1 Å². The van der Waals surface area contributed by atoms with Crippen LogP contribution in [0.5, 0.6) is 0 Å². The molecule has 0 fully saturated rings. The van der Waals surface area contributed by atoms with Gasteiger partial charge in [-0.25, -0.2) is 9.97 Å². The third kappa shape index (κ3) is 4.24. The van der Waals surface area contributed by atoms with Gasteiger partial charge in [-0.2, -0.15) is 0 Å². The highest BCUT2D eigenvalue weighted by Crippen LogP contribution is 2.28. The van der Waals surface area contributed by atoms with E-state index in [1.54, 1.807) is 12.4 Å². The van der Waals surface area contributed by atoms with Crippen LogP contribution >= 0.6 is 0 Å². The van der Waals surface area contributed by atoms with Crippen molar-refractivity contribution in [3.8, 4) is 11.4 Å². The predicted molar refractivity (Wildman–Crippen MR) is 104 cm³/mol. The van der Waals surface area contributed by atoms with Crippen LogP contribution in [0.25, 0.3) is 11.4 Å². The number of anilines is 1. The summed E-state index contributed by atoms with van der Waals surface area (Å²) in [6.45, 7) is 5.59. The van der Waals surface area contributed by atoms with E-state index in [2.05, 4.69) is 4.98 Å². The molecular formula is C20H27N5O2. The zero-order valence-electron chi connectivity index (χ0n) is 16.5. The van der Waals surface area contributed by atoms with Crippen molar-refractivity contribution in [3.63, 3.8) is 0 Å². The summed E-state index contributed by atoms with van der Waals surface area (Å²) in [5, 5.41) is 0. The Morgan fingerprint density at radius 3 is 2.70 bits per heavy atom. The Balaban J connectivity index is 1.90. The van der Waals surface area contributed by atoms with Gasteiger partial charge in [0.1, 0.15) is 11.9 Å². The van der Waals surface area contributed by atoms with Gasteiger partial charge >= 0.3 is 0 Å². The molecule has 0 aromatic carbocycles. The number of ether oxygens (including phenoxy) is 1. The standard InChI is InChI=1S/C20H27N5O2/c1-5-12-27-14(2)20(26)25-11-8-16-17(13-25)22-18(23-19(16)24(3)4)15-6-9-21-10-7-15/h6-7,9-10,14H,5,8,11-13H2,1-4H3/t14-/m0/s1. The second kappa shape index (κ2) is 8.43. The third-order valence-corrected chi connectivity index (χ3v) is 4.64. The van der Waals surface area contributed by atoms with Gasteiger partial charge in [-0.05, 0) is 31.9 Å². The van der Waals surface area contributed by atoms with Gasteiger partial charge in [0.2, 0.25) is 0 Å². The number of nitrogens with zero attached hydrogens (tertiary/aromatic N) is 5. The summed E-state index contributed by atoms with van der Waals surface area (Å²) in [6.07, 6.45) is 4.67. The summed E-state index contributed by atoms with van der Waals surface area (Å²) in [5.41, 5.74) is 2.94. The molecule has 2 aromatic rings. The molecule has 1 amide bonds. The van der Waals surface area contributed by atoms with E-state index in [0.717, 1.165) is 35.5 Å². The van der Waals surface area contributed by atoms with Crippen LogP contribution in [0, 0.1) is 0 Å². The molecule has 0 saturated carbocycles. The van der Waals surface area contributed by atoms with Crippen molar-refractivity contribution in [2.45, 2.75) is 39.3 Å². The molecule has 0 spiro atoms. The molecule has 7 nitrogen and oxygen atoms in total. The Hall–Kier alpha value is -2.54. The molecule has 144 valence electrons. The average Bonchev–Trinajstić information content (AvgIpc) is 2.70. The fourth-order valence-corrected chi connectivity index (χ4v) is 3.22. The number of fused-ring (bicyclic) bond motifs is 1. The predicted octanol–water partition coefficient (Wildman–Crippen LogP) is 2.30. The number of amides is 1. The summed E-state index contributed by atoms with van der Waals surface area (Å²) < 4.78 is 5.61. The van der Waals surface area contributed by atoms with Crippen LogP contribution in [0.15, 0.2) is 24.5 Å². The Bertz CT molecular complexity index is 794. The van der Waals surface area contributed by atoms with Crippen LogP contribution in [-0.4, -0.2) is 59.1 Å². The topological polar surface area (TPSA) is 71.5 Å². The number of hydrogen-bond donors (Lipinski definition) is 0. The normalized spacial score (nSPS) is 14.6. The molecule has 1 aliphatic heterocycles. The molecule has 0 unspecified atom stereocenters. The Morgan fingerprint density at radius 2 is 2.04 bits per heavy atom.